The first-order chi connectivity index (χ1) is 13.3. The van der Waals surface area contributed by atoms with Gasteiger partial charge in [-0.15, -0.1) is 0 Å². The van der Waals surface area contributed by atoms with Crippen LogP contribution in [0.1, 0.15) is 30.9 Å². The molecule has 2 aromatic rings. The first-order valence-electron chi connectivity index (χ1n) is 10.2. The predicted octanol–water partition coefficient (Wildman–Crippen LogP) is 3.80. The summed E-state index contributed by atoms with van der Waals surface area (Å²) < 4.78 is 0. The van der Waals surface area contributed by atoms with Gasteiger partial charge in [0.25, 0.3) is 0 Å². The van der Waals surface area contributed by atoms with Crippen LogP contribution in [0.25, 0.3) is 0 Å². The van der Waals surface area contributed by atoms with Crippen LogP contribution in [-0.4, -0.2) is 48.0 Å². The average molecular weight is 361 g/mol. The Morgan fingerprint density at radius 2 is 1.78 bits per heavy atom. The number of anilines is 1. The number of hydrogen-bond acceptors (Lipinski definition) is 4. The van der Waals surface area contributed by atoms with Crippen molar-refractivity contribution in [2.24, 2.45) is 10.9 Å². The number of hydrogen-bond donors (Lipinski definition) is 1. The summed E-state index contributed by atoms with van der Waals surface area (Å²) in [6.07, 6.45) is 5.45. The van der Waals surface area contributed by atoms with E-state index in [2.05, 4.69) is 70.6 Å². The summed E-state index contributed by atoms with van der Waals surface area (Å²) in [5.74, 6) is 0.706. The van der Waals surface area contributed by atoms with Gasteiger partial charge in [0.15, 0.2) is 0 Å². The number of aliphatic hydroxyl groups is 1. The summed E-state index contributed by atoms with van der Waals surface area (Å²) in [5.41, 5.74) is 3.65. The highest BCUT2D eigenvalue weighted by Gasteiger charge is 2.41. The molecule has 4 heteroatoms. The Morgan fingerprint density at radius 1 is 1.00 bits per heavy atom. The van der Waals surface area contributed by atoms with E-state index in [4.69, 9.17) is 4.99 Å². The molecule has 2 heterocycles. The van der Waals surface area contributed by atoms with Crippen LogP contribution in [0, 0.1) is 5.92 Å². The fourth-order valence-electron chi connectivity index (χ4n) is 4.59. The third-order valence-corrected chi connectivity index (χ3v) is 6.15. The molecule has 1 saturated heterocycles. The number of nitrogens with zero attached hydrogens (tertiary/aromatic N) is 3. The molecule has 2 aromatic carbocycles. The number of likely N-dealkylation sites (tertiary alicyclic amines) is 1. The topological polar surface area (TPSA) is 39.1 Å². The van der Waals surface area contributed by atoms with Crippen molar-refractivity contribution >= 4 is 17.6 Å². The smallest absolute Gasteiger partial charge is 0.0860 e. The van der Waals surface area contributed by atoms with Crippen molar-refractivity contribution in [2.75, 3.05) is 24.5 Å². The van der Waals surface area contributed by atoms with E-state index >= 15 is 0 Å². The van der Waals surface area contributed by atoms with Crippen LogP contribution < -0.4 is 4.90 Å². The van der Waals surface area contributed by atoms with Crippen LogP contribution in [0.5, 0.6) is 0 Å². The average Bonchev–Trinajstić information content (AvgIpc) is 3.48. The first-order valence-corrected chi connectivity index (χ1v) is 10.2. The minimum Gasteiger partial charge on any atom is -0.392 e. The molecule has 3 atom stereocenters. The second-order valence-electron chi connectivity index (χ2n) is 8.13. The highest BCUT2D eigenvalue weighted by molar-refractivity contribution is 5.85. The van der Waals surface area contributed by atoms with Crippen LogP contribution in [0.4, 0.5) is 11.4 Å². The number of fused-ring (bicyclic) bond motifs is 1. The van der Waals surface area contributed by atoms with Gasteiger partial charge in [0, 0.05) is 25.8 Å². The fraction of sp³-hybridized carbons (Fsp3) is 0.435. The van der Waals surface area contributed by atoms with Crippen molar-refractivity contribution in [1.82, 2.24) is 4.90 Å². The Morgan fingerprint density at radius 3 is 2.52 bits per heavy atom. The monoisotopic (exact) mass is 361 g/mol. The molecule has 2 aliphatic heterocycles. The normalized spacial score (nSPS) is 26.2. The van der Waals surface area contributed by atoms with E-state index in [1.165, 1.54) is 24.1 Å². The van der Waals surface area contributed by atoms with Gasteiger partial charge in [-0.25, -0.2) is 0 Å². The molecule has 2 fully saturated rings. The van der Waals surface area contributed by atoms with E-state index in [0.717, 1.165) is 31.7 Å². The molecule has 0 spiro atoms. The van der Waals surface area contributed by atoms with Gasteiger partial charge in [-0.2, -0.15) is 0 Å². The van der Waals surface area contributed by atoms with Gasteiger partial charge in [-0.1, -0.05) is 42.5 Å². The predicted molar refractivity (Wildman–Crippen MR) is 110 cm³/mol. The van der Waals surface area contributed by atoms with Crippen molar-refractivity contribution in [2.45, 2.75) is 37.5 Å². The molecule has 3 aliphatic rings. The summed E-state index contributed by atoms with van der Waals surface area (Å²) >= 11 is 0. The van der Waals surface area contributed by atoms with Gasteiger partial charge >= 0.3 is 0 Å². The lowest BCUT2D eigenvalue weighted by atomic mass is 9.98. The van der Waals surface area contributed by atoms with Crippen LogP contribution in [0.15, 0.2) is 59.6 Å². The zero-order valence-corrected chi connectivity index (χ0v) is 15.6. The molecule has 1 unspecified atom stereocenters. The van der Waals surface area contributed by atoms with Gasteiger partial charge in [0.1, 0.15) is 0 Å². The van der Waals surface area contributed by atoms with Gasteiger partial charge in [0.05, 0.1) is 29.6 Å². The number of rotatable bonds is 5. The molecule has 4 nitrogen and oxygen atoms in total. The number of aliphatic imine (C=N–C) groups is 1. The summed E-state index contributed by atoms with van der Waals surface area (Å²) in [5, 5.41) is 10.0. The molecule has 0 amide bonds. The van der Waals surface area contributed by atoms with Crippen molar-refractivity contribution in [3.63, 3.8) is 0 Å². The molecule has 0 bridgehead atoms. The van der Waals surface area contributed by atoms with Crippen molar-refractivity contribution in [1.29, 1.82) is 0 Å². The van der Waals surface area contributed by atoms with E-state index in [9.17, 15) is 5.11 Å². The molecular weight excluding hydrogens is 334 g/mol. The second kappa shape index (κ2) is 7.10. The standard InChI is InChI=1S/C23H27N3O/c27-19-12-13-25(15-19)16-23(17-6-2-1-3-7-17)26-21-9-5-4-8-20(21)24-14-22(26)18-10-11-18/h1-9,14,18-19,22-23,27H,10-13,15-16H2/t19-,22?,23+/m0/s1. The Balaban J connectivity index is 1.55. The number of β-amino-alcohol motifs (C(OH)–C–C–N with tert-alkyl or cyclic N) is 1. The second-order valence-corrected chi connectivity index (χ2v) is 8.13. The Labute approximate surface area is 161 Å². The Bertz CT molecular complexity index is 817. The lowest BCUT2D eigenvalue weighted by molar-refractivity contribution is 0.173. The van der Waals surface area contributed by atoms with E-state index in [1.54, 1.807) is 0 Å². The Kier molecular flexibility index (Phi) is 4.46. The maximum absolute atomic E-state index is 10.0. The van der Waals surface area contributed by atoms with Crippen LogP contribution in [0.3, 0.4) is 0 Å². The molecule has 5 rings (SSSR count). The number of benzene rings is 2. The van der Waals surface area contributed by atoms with Gasteiger partial charge in [-0.05, 0) is 42.9 Å². The molecule has 27 heavy (non-hydrogen) atoms. The minimum absolute atomic E-state index is 0.184. The maximum Gasteiger partial charge on any atom is 0.0860 e. The highest BCUT2D eigenvalue weighted by atomic mass is 16.3. The maximum atomic E-state index is 10.0. The van der Waals surface area contributed by atoms with Crippen molar-refractivity contribution in [3.05, 3.63) is 60.2 Å². The summed E-state index contributed by atoms with van der Waals surface area (Å²) in [6.45, 7) is 2.69. The quantitative estimate of drug-likeness (QED) is 0.880. The lowest BCUT2D eigenvalue weighted by Gasteiger charge is -2.43. The third kappa shape index (κ3) is 3.40. The summed E-state index contributed by atoms with van der Waals surface area (Å²) in [7, 11) is 0. The van der Waals surface area contributed by atoms with Crippen molar-refractivity contribution < 1.29 is 5.11 Å². The van der Waals surface area contributed by atoms with Crippen LogP contribution in [-0.2, 0) is 0 Å². The number of para-hydroxylation sites is 2. The minimum atomic E-state index is -0.184. The molecule has 0 radical (unpaired) electrons. The van der Waals surface area contributed by atoms with Gasteiger partial charge in [0.2, 0.25) is 0 Å². The van der Waals surface area contributed by atoms with E-state index in [1.807, 2.05) is 0 Å². The van der Waals surface area contributed by atoms with Gasteiger partial charge in [-0.3, -0.25) is 9.89 Å². The first kappa shape index (κ1) is 17.0. The van der Waals surface area contributed by atoms with Gasteiger partial charge < -0.3 is 10.0 Å². The fourth-order valence-corrected chi connectivity index (χ4v) is 4.59. The molecule has 1 saturated carbocycles. The van der Waals surface area contributed by atoms with E-state index < -0.39 is 0 Å². The molecular formula is C23H27N3O. The van der Waals surface area contributed by atoms with Crippen LogP contribution in [0.2, 0.25) is 0 Å². The largest absolute Gasteiger partial charge is 0.392 e. The van der Waals surface area contributed by atoms with E-state index in [-0.39, 0.29) is 12.1 Å². The molecule has 0 aromatic heterocycles. The third-order valence-electron chi connectivity index (χ3n) is 6.15. The van der Waals surface area contributed by atoms with Crippen molar-refractivity contribution in [3.8, 4) is 0 Å². The molecule has 140 valence electrons. The molecule has 1 N–H and O–H groups in total. The summed E-state index contributed by atoms with van der Waals surface area (Å²) in [4.78, 5) is 9.81. The van der Waals surface area contributed by atoms with Crippen LogP contribution >= 0.6 is 0 Å². The SMILES string of the molecule is O[C@H]1CCN(C[C@H](c2ccccc2)N2c3ccccc3N=CC2C2CC2)C1. The lowest BCUT2D eigenvalue weighted by Crippen LogP contribution is -2.46. The molecule has 1 aliphatic carbocycles. The summed E-state index contributed by atoms with van der Waals surface area (Å²) in [6, 6.07) is 20.0. The number of aliphatic hydroxyl groups excluding tert-OH is 1. The Hall–Kier alpha value is -2.17. The zero-order valence-electron chi connectivity index (χ0n) is 15.6. The highest BCUT2D eigenvalue weighted by Crippen LogP contribution is 2.45. The van der Waals surface area contributed by atoms with E-state index in [0.29, 0.717) is 12.0 Å². The zero-order chi connectivity index (χ0) is 18.2.